The molecule has 2 fully saturated rings. The second kappa shape index (κ2) is 12.8. The molecule has 5 heteroatoms. The highest BCUT2D eigenvalue weighted by Gasteiger charge is 2.31. The molecule has 1 N–H and O–H groups in total. The van der Waals surface area contributed by atoms with Crippen molar-refractivity contribution in [1.82, 2.24) is 9.80 Å². The molecule has 2 saturated heterocycles. The summed E-state index contributed by atoms with van der Waals surface area (Å²) in [7, 11) is 0. The molecule has 2 aromatic rings. The Morgan fingerprint density at radius 1 is 0.857 bits per heavy atom. The van der Waals surface area contributed by atoms with Crippen LogP contribution in [0.4, 0.5) is 0 Å². The van der Waals surface area contributed by atoms with E-state index in [0.717, 1.165) is 75.5 Å². The van der Waals surface area contributed by atoms with E-state index in [0.29, 0.717) is 6.61 Å². The number of ether oxygens (including phenoxy) is 2. The summed E-state index contributed by atoms with van der Waals surface area (Å²) in [5.41, 5.74) is 2.85. The first-order valence-corrected chi connectivity index (χ1v) is 13.6. The first kappa shape index (κ1) is 26.0. The van der Waals surface area contributed by atoms with Crippen LogP contribution in [0.3, 0.4) is 0 Å². The van der Waals surface area contributed by atoms with Crippen LogP contribution in [0.5, 0.6) is 11.5 Å². The molecule has 0 amide bonds. The predicted octanol–water partition coefficient (Wildman–Crippen LogP) is 5.35. The maximum atomic E-state index is 11.2. The number of aliphatic hydroxyl groups is 1. The van der Waals surface area contributed by atoms with Crippen LogP contribution in [0.1, 0.15) is 61.6 Å². The molecule has 0 aromatic heterocycles. The van der Waals surface area contributed by atoms with Gasteiger partial charge in [0, 0.05) is 19.6 Å². The van der Waals surface area contributed by atoms with Crippen LogP contribution in [0.15, 0.2) is 42.5 Å². The molecule has 2 heterocycles. The van der Waals surface area contributed by atoms with Gasteiger partial charge in [-0.2, -0.15) is 0 Å². The standard InChI is InChI=1S/C30H44N2O3/c1-25-11-12-29(26(2)21-25)35-24-30(33)13-7-17-32(19-14-30)23-27-9-6-10-28(22-27)34-20-8-18-31-15-4-3-5-16-31/h6,9-12,21-22,33H,3-5,7-8,13-20,23-24H2,1-2H3/t30-/m1/s1. The highest BCUT2D eigenvalue weighted by molar-refractivity contribution is 5.35. The van der Waals surface area contributed by atoms with Gasteiger partial charge in [0.1, 0.15) is 18.1 Å². The second-order valence-electron chi connectivity index (χ2n) is 10.7. The molecule has 0 saturated carbocycles. The fourth-order valence-corrected chi connectivity index (χ4v) is 5.36. The van der Waals surface area contributed by atoms with Crippen LogP contribution in [-0.4, -0.2) is 66.4 Å². The Labute approximate surface area is 212 Å². The SMILES string of the molecule is Cc1ccc(OC[C@@]2(O)CCCN(Cc3cccc(OCCCN4CCCCC4)c3)CC2)c(C)c1. The molecule has 0 spiro atoms. The van der Waals surface area contributed by atoms with Crippen LogP contribution in [0.25, 0.3) is 0 Å². The van der Waals surface area contributed by atoms with Crippen LogP contribution in [0.2, 0.25) is 0 Å². The number of hydrogen-bond donors (Lipinski definition) is 1. The molecule has 192 valence electrons. The molecule has 1 atom stereocenters. The van der Waals surface area contributed by atoms with Crippen LogP contribution in [0, 0.1) is 13.8 Å². The Hall–Kier alpha value is -2.08. The van der Waals surface area contributed by atoms with Gasteiger partial charge in [0.25, 0.3) is 0 Å². The van der Waals surface area contributed by atoms with Crippen molar-refractivity contribution in [3.63, 3.8) is 0 Å². The third-order valence-electron chi connectivity index (χ3n) is 7.48. The van der Waals surface area contributed by atoms with Gasteiger partial charge in [0.15, 0.2) is 0 Å². The molecule has 4 rings (SSSR count). The van der Waals surface area contributed by atoms with E-state index in [2.05, 4.69) is 60.0 Å². The topological polar surface area (TPSA) is 45.2 Å². The van der Waals surface area contributed by atoms with Gasteiger partial charge in [-0.15, -0.1) is 0 Å². The van der Waals surface area contributed by atoms with Gasteiger partial charge in [-0.05, 0) is 101 Å². The van der Waals surface area contributed by atoms with Gasteiger partial charge in [0.2, 0.25) is 0 Å². The molecule has 0 bridgehead atoms. The number of hydrogen-bond acceptors (Lipinski definition) is 5. The first-order chi connectivity index (χ1) is 17.0. The maximum absolute atomic E-state index is 11.2. The minimum Gasteiger partial charge on any atom is -0.494 e. The zero-order chi connectivity index (χ0) is 24.5. The van der Waals surface area contributed by atoms with Crippen molar-refractivity contribution in [2.24, 2.45) is 0 Å². The molecule has 0 unspecified atom stereocenters. The Bertz CT molecular complexity index is 928. The Morgan fingerprint density at radius 2 is 1.69 bits per heavy atom. The van der Waals surface area contributed by atoms with E-state index in [1.165, 1.54) is 43.5 Å². The molecule has 5 nitrogen and oxygen atoms in total. The zero-order valence-electron chi connectivity index (χ0n) is 21.8. The molecule has 0 aliphatic carbocycles. The van der Waals surface area contributed by atoms with Gasteiger partial charge in [-0.25, -0.2) is 0 Å². The number of nitrogens with zero attached hydrogens (tertiary/aromatic N) is 2. The summed E-state index contributed by atoms with van der Waals surface area (Å²) in [5.74, 6) is 1.84. The van der Waals surface area contributed by atoms with Crippen molar-refractivity contribution in [2.45, 2.75) is 70.9 Å². The summed E-state index contributed by atoms with van der Waals surface area (Å²) in [6, 6.07) is 14.7. The molecule has 2 aromatic carbocycles. The van der Waals surface area contributed by atoms with Crippen LogP contribution in [-0.2, 0) is 6.54 Å². The fourth-order valence-electron chi connectivity index (χ4n) is 5.36. The summed E-state index contributed by atoms with van der Waals surface area (Å²) in [4.78, 5) is 5.02. The zero-order valence-corrected chi connectivity index (χ0v) is 21.8. The lowest BCUT2D eigenvalue weighted by molar-refractivity contribution is -0.0170. The Kier molecular flexibility index (Phi) is 9.47. The molecular weight excluding hydrogens is 436 g/mol. The maximum Gasteiger partial charge on any atom is 0.122 e. The van der Waals surface area contributed by atoms with Crippen LogP contribution >= 0.6 is 0 Å². The van der Waals surface area contributed by atoms with Gasteiger partial charge >= 0.3 is 0 Å². The van der Waals surface area contributed by atoms with Crippen molar-refractivity contribution in [1.29, 1.82) is 0 Å². The van der Waals surface area contributed by atoms with E-state index in [-0.39, 0.29) is 0 Å². The number of rotatable bonds is 10. The highest BCUT2D eigenvalue weighted by atomic mass is 16.5. The summed E-state index contributed by atoms with van der Waals surface area (Å²) >= 11 is 0. The largest absolute Gasteiger partial charge is 0.494 e. The second-order valence-corrected chi connectivity index (χ2v) is 10.7. The van der Waals surface area contributed by atoms with Crippen LogP contribution < -0.4 is 9.47 Å². The summed E-state index contributed by atoms with van der Waals surface area (Å²) in [6.45, 7) is 11.7. The van der Waals surface area contributed by atoms with E-state index in [4.69, 9.17) is 9.47 Å². The van der Waals surface area contributed by atoms with Gasteiger partial charge in [-0.1, -0.05) is 36.2 Å². The predicted molar refractivity (Wildman–Crippen MR) is 142 cm³/mol. The quantitative estimate of drug-likeness (QED) is 0.464. The van der Waals surface area contributed by atoms with Crippen molar-refractivity contribution in [3.05, 3.63) is 59.2 Å². The molecule has 0 radical (unpaired) electrons. The van der Waals surface area contributed by atoms with E-state index in [1.54, 1.807) is 0 Å². The number of piperidine rings is 1. The van der Waals surface area contributed by atoms with Crippen molar-refractivity contribution in [2.75, 3.05) is 45.9 Å². The fraction of sp³-hybridized carbons (Fsp3) is 0.600. The summed E-state index contributed by atoms with van der Waals surface area (Å²) < 4.78 is 12.1. The van der Waals surface area contributed by atoms with E-state index < -0.39 is 5.60 Å². The van der Waals surface area contributed by atoms with Crippen molar-refractivity contribution >= 4 is 0 Å². The lowest BCUT2D eigenvalue weighted by atomic mass is 9.96. The Morgan fingerprint density at radius 3 is 2.51 bits per heavy atom. The van der Waals surface area contributed by atoms with Crippen molar-refractivity contribution < 1.29 is 14.6 Å². The first-order valence-electron chi connectivity index (χ1n) is 13.6. The number of benzene rings is 2. The van der Waals surface area contributed by atoms with Gasteiger partial charge in [-0.3, -0.25) is 4.90 Å². The third-order valence-corrected chi connectivity index (χ3v) is 7.48. The lowest BCUT2D eigenvalue weighted by Gasteiger charge is -2.27. The smallest absolute Gasteiger partial charge is 0.122 e. The highest BCUT2D eigenvalue weighted by Crippen LogP contribution is 2.27. The average molecular weight is 481 g/mol. The van der Waals surface area contributed by atoms with E-state index >= 15 is 0 Å². The summed E-state index contributed by atoms with van der Waals surface area (Å²) in [6.07, 6.45) is 7.63. The van der Waals surface area contributed by atoms with E-state index in [9.17, 15) is 5.11 Å². The Balaban J connectivity index is 1.21. The average Bonchev–Trinajstić information content (AvgIpc) is 3.04. The van der Waals surface area contributed by atoms with Crippen molar-refractivity contribution in [3.8, 4) is 11.5 Å². The number of likely N-dealkylation sites (tertiary alicyclic amines) is 2. The normalized spacial score (nSPS) is 22.0. The number of aryl methyl sites for hydroxylation is 2. The third kappa shape index (κ3) is 8.23. The minimum absolute atomic E-state index is 0.353. The molecule has 35 heavy (non-hydrogen) atoms. The van der Waals surface area contributed by atoms with Gasteiger partial charge < -0.3 is 19.5 Å². The van der Waals surface area contributed by atoms with E-state index in [1.807, 2.05) is 6.07 Å². The summed E-state index contributed by atoms with van der Waals surface area (Å²) in [5, 5.41) is 11.2. The minimum atomic E-state index is -0.772. The lowest BCUT2D eigenvalue weighted by Crippen LogP contribution is -2.37. The monoisotopic (exact) mass is 480 g/mol. The molecule has 2 aliphatic rings. The molecule has 2 aliphatic heterocycles. The molecular formula is C30H44N2O3. The van der Waals surface area contributed by atoms with Gasteiger partial charge in [0.05, 0.1) is 12.2 Å².